The Balaban J connectivity index is 2.01. The summed E-state index contributed by atoms with van der Waals surface area (Å²) in [5.41, 5.74) is 6.55. The van der Waals surface area contributed by atoms with Crippen LogP contribution in [0.15, 0.2) is 47.4 Å². The monoisotopic (exact) mass is 559 g/mol. The summed E-state index contributed by atoms with van der Waals surface area (Å²) in [6.07, 6.45) is 1.89. The van der Waals surface area contributed by atoms with E-state index in [1.165, 1.54) is 4.90 Å². The van der Waals surface area contributed by atoms with Crippen LogP contribution < -0.4 is 10.5 Å². The summed E-state index contributed by atoms with van der Waals surface area (Å²) in [5, 5.41) is 0.368. The van der Waals surface area contributed by atoms with Crippen LogP contribution in [0.4, 0.5) is 4.39 Å². The Morgan fingerprint density at radius 2 is 1.83 bits per heavy atom. The standard InChI is InChI=1S/C25H32Cl2FN3O4S/c1-17(2)14-22(25(29)33)31(24(32)11-8-18-6-5-7-19(26)15-18)13-4-3-12-30-36(34,35)23-10-9-20(28)16-21(23)27/h5-7,9-10,15-17,22,30H,3-4,8,11-14H2,1-2H3,(H2,29,33)/t22-/m0/s1. The van der Waals surface area contributed by atoms with Crippen molar-refractivity contribution in [1.29, 1.82) is 0 Å². The summed E-state index contributed by atoms with van der Waals surface area (Å²) >= 11 is 11.9. The molecule has 0 aliphatic carbocycles. The van der Waals surface area contributed by atoms with E-state index >= 15 is 0 Å². The molecule has 2 rings (SSSR count). The van der Waals surface area contributed by atoms with Crippen LogP contribution in [0.2, 0.25) is 10.0 Å². The molecule has 3 N–H and O–H groups in total. The number of nitrogens with one attached hydrogen (secondary N) is 1. The van der Waals surface area contributed by atoms with E-state index in [0.717, 1.165) is 23.8 Å². The topological polar surface area (TPSA) is 110 Å². The first kappa shape index (κ1) is 30.0. The van der Waals surface area contributed by atoms with Gasteiger partial charge in [0.1, 0.15) is 16.8 Å². The molecule has 2 aromatic rings. The van der Waals surface area contributed by atoms with Crippen LogP contribution in [0.5, 0.6) is 0 Å². The molecule has 0 heterocycles. The second-order valence-electron chi connectivity index (χ2n) is 8.94. The van der Waals surface area contributed by atoms with Crippen molar-refractivity contribution in [3.05, 3.63) is 63.9 Å². The molecule has 0 fully saturated rings. The molecule has 1 atom stereocenters. The predicted octanol–water partition coefficient (Wildman–Crippen LogP) is 4.55. The van der Waals surface area contributed by atoms with Gasteiger partial charge in [-0.1, -0.05) is 49.2 Å². The molecule has 0 spiro atoms. The summed E-state index contributed by atoms with van der Waals surface area (Å²) in [4.78, 5) is 26.6. The molecule has 0 bridgehead atoms. The Kier molecular flexibility index (Phi) is 11.6. The number of unbranched alkanes of at least 4 members (excludes halogenated alkanes) is 1. The van der Waals surface area contributed by atoms with Crippen molar-refractivity contribution in [2.45, 2.75) is 56.9 Å². The smallest absolute Gasteiger partial charge is 0.242 e. The van der Waals surface area contributed by atoms with Crippen LogP contribution in [0.3, 0.4) is 0 Å². The van der Waals surface area contributed by atoms with Crippen LogP contribution >= 0.6 is 23.2 Å². The summed E-state index contributed by atoms with van der Waals surface area (Å²) in [6.45, 7) is 4.21. The molecule has 7 nitrogen and oxygen atoms in total. The first-order chi connectivity index (χ1) is 16.9. The fraction of sp³-hybridized carbons (Fsp3) is 0.440. The Bertz CT molecular complexity index is 1160. The summed E-state index contributed by atoms with van der Waals surface area (Å²) in [5.74, 6) is -1.29. The number of halogens is 3. The number of carbonyl (C=O) groups is 2. The van der Waals surface area contributed by atoms with Crippen LogP contribution in [0, 0.1) is 11.7 Å². The van der Waals surface area contributed by atoms with Gasteiger partial charge in [-0.3, -0.25) is 9.59 Å². The molecule has 0 aromatic heterocycles. The van der Waals surface area contributed by atoms with E-state index < -0.39 is 27.8 Å². The molecular weight excluding hydrogens is 528 g/mol. The van der Waals surface area contributed by atoms with Crippen LogP contribution in [0.1, 0.15) is 45.1 Å². The number of hydrogen-bond acceptors (Lipinski definition) is 4. The highest BCUT2D eigenvalue weighted by atomic mass is 35.5. The Labute approximate surface area is 222 Å². The zero-order chi connectivity index (χ0) is 26.9. The van der Waals surface area contributed by atoms with Gasteiger partial charge in [0, 0.05) is 24.5 Å². The lowest BCUT2D eigenvalue weighted by molar-refractivity contribution is -0.140. The third-order valence-electron chi connectivity index (χ3n) is 5.54. The minimum absolute atomic E-state index is 0.0754. The van der Waals surface area contributed by atoms with Gasteiger partial charge >= 0.3 is 0 Å². The van der Waals surface area contributed by atoms with Gasteiger partial charge in [-0.2, -0.15) is 0 Å². The molecule has 11 heteroatoms. The molecule has 2 aromatic carbocycles. The van der Waals surface area contributed by atoms with Crippen molar-refractivity contribution < 1.29 is 22.4 Å². The van der Waals surface area contributed by atoms with Crippen molar-refractivity contribution in [1.82, 2.24) is 9.62 Å². The Hall–Kier alpha value is -2.20. The van der Waals surface area contributed by atoms with E-state index in [2.05, 4.69) is 4.72 Å². The van der Waals surface area contributed by atoms with Gasteiger partial charge in [0.15, 0.2) is 0 Å². The first-order valence-electron chi connectivity index (χ1n) is 11.7. The lowest BCUT2D eigenvalue weighted by Crippen LogP contribution is -2.49. The first-order valence-corrected chi connectivity index (χ1v) is 13.9. The van der Waals surface area contributed by atoms with E-state index in [9.17, 15) is 22.4 Å². The predicted molar refractivity (Wildman–Crippen MR) is 140 cm³/mol. The van der Waals surface area contributed by atoms with Gasteiger partial charge in [0.2, 0.25) is 21.8 Å². The minimum Gasteiger partial charge on any atom is -0.368 e. The molecule has 198 valence electrons. The fourth-order valence-corrected chi connectivity index (χ4v) is 5.59. The van der Waals surface area contributed by atoms with Gasteiger partial charge in [-0.25, -0.2) is 17.5 Å². The largest absolute Gasteiger partial charge is 0.368 e. The third-order valence-corrected chi connectivity index (χ3v) is 7.72. The molecular formula is C25H32Cl2FN3O4S. The molecule has 0 saturated heterocycles. The number of sulfonamides is 1. The van der Waals surface area contributed by atoms with Crippen LogP contribution in [-0.2, 0) is 26.0 Å². The van der Waals surface area contributed by atoms with E-state index in [4.69, 9.17) is 28.9 Å². The summed E-state index contributed by atoms with van der Waals surface area (Å²) in [6, 6.07) is 9.53. The van der Waals surface area contributed by atoms with Crippen molar-refractivity contribution in [3.63, 3.8) is 0 Å². The zero-order valence-electron chi connectivity index (χ0n) is 20.3. The molecule has 0 aliphatic rings. The van der Waals surface area contributed by atoms with Crippen LogP contribution in [-0.4, -0.2) is 44.3 Å². The number of amides is 2. The molecule has 36 heavy (non-hydrogen) atoms. The summed E-state index contributed by atoms with van der Waals surface area (Å²) < 4.78 is 40.6. The molecule has 0 aliphatic heterocycles. The van der Waals surface area contributed by atoms with E-state index in [0.29, 0.717) is 30.7 Å². The Morgan fingerprint density at radius 1 is 1.11 bits per heavy atom. The van der Waals surface area contributed by atoms with Crippen molar-refractivity contribution in [3.8, 4) is 0 Å². The van der Waals surface area contributed by atoms with Gasteiger partial charge < -0.3 is 10.6 Å². The number of nitrogens with two attached hydrogens (primary N) is 1. The second kappa shape index (κ2) is 13.9. The molecule has 0 radical (unpaired) electrons. The maximum absolute atomic E-state index is 13.2. The SMILES string of the molecule is CC(C)C[C@@H](C(N)=O)N(CCCCNS(=O)(=O)c1ccc(F)cc1Cl)C(=O)CCc1cccc(Cl)c1. The summed E-state index contributed by atoms with van der Waals surface area (Å²) in [7, 11) is -3.93. The van der Waals surface area contributed by atoms with Gasteiger partial charge in [0.05, 0.1) is 5.02 Å². The number of aryl methyl sites for hydroxylation is 1. The van der Waals surface area contributed by atoms with Crippen molar-refractivity contribution in [2.75, 3.05) is 13.1 Å². The van der Waals surface area contributed by atoms with Crippen molar-refractivity contribution in [2.24, 2.45) is 11.7 Å². The third kappa shape index (κ3) is 9.35. The number of nitrogens with zero attached hydrogens (tertiary/aromatic N) is 1. The maximum Gasteiger partial charge on any atom is 0.242 e. The highest BCUT2D eigenvalue weighted by Gasteiger charge is 2.28. The fourth-order valence-electron chi connectivity index (χ4n) is 3.77. The molecule has 0 unspecified atom stereocenters. The highest BCUT2D eigenvalue weighted by molar-refractivity contribution is 7.89. The normalized spacial score (nSPS) is 12.5. The van der Waals surface area contributed by atoms with E-state index in [1.807, 2.05) is 26.0 Å². The lowest BCUT2D eigenvalue weighted by atomic mass is 10.0. The van der Waals surface area contributed by atoms with E-state index in [-0.39, 0.29) is 41.3 Å². The second-order valence-corrected chi connectivity index (χ2v) is 11.5. The minimum atomic E-state index is -3.93. The van der Waals surface area contributed by atoms with Gasteiger partial charge in [-0.15, -0.1) is 0 Å². The molecule has 2 amide bonds. The number of primary amides is 1. The van der Waals surface area contributed by atoms with Gasteiger partial charge in [0.25, 0.3) is 0 Å². The maximum atomic E-state index is 13.2. The van der Waals surface area contributed by atoms with Gasteiger partial charge in [-0.05, 0) is 67.5 Å². The average Bonchev–Trinajstić information content (AvgIpc) is 2.78. The van der Waals surface area contributed by atoms with E-state index in [1.54, 1.807) is 12.1 Å². The number of carbonyl (C=O) groups excluding carboxylic acids is 2. The quantitative estimate of drug-likeness (QED) is 0.331. The van der Waals surface area contributed by atoms with Crippen molar-refractivity contribution >= 4 is 45.0 Å². The number of hydrogen-bond donors (Lipinski definition) is 2. The molecule has 0 saturated carbocycles. The lowest BCUT2D eigenvalue weighted by Gasteiger charge is -2.31. The average molecular weight is 561 g/mol. The Morgan fingerprint density at radius 3 is 2.44 bits per heavy atom. The number of rotatable bonds is 14. The zero-order valence-corrected chi connectivity index (χ0v) is 22.7. The number of benzene rings is 2. The highest BCUT2D eigenvalue weighted by Crippen LogP contribution is 2.22. The van der Waals surface area contributed by atoms with Crippen LogP contribution in [0.25, 0.3) is 0 Å².